The number of benzene rings is 3. The minimum Gasteiger partial charge on any atom is -0.392 e. The van der Waals surface area contributed by atoms with E-state index in [1.807, 2.05) is 12.1 Å². The van der Waals surface area contributed by atoms with Crippen LogP contribution in [0.25, 0.3) is 21.5 Å². The molecule has 100 valence electrons. The van der Waals surface area contributed by atoms with Crippen molar-refractivity contribution in [3.8, 4) is 0 Å². The SMILES string of the molecule is OCc1cccc2ccc3c4c(ccc3c12)CCCC4. The molecule has 20 heavy (non-hydrogen) atoms. The molecule has 3 aromatic carbocycles. The Morgan fingerprint density at radius 1 is 0.850 bits per heavy atom. The van der Waals surface area contributed by atoms with Gasteiger partial charge in [-0.3, -0.25) is 0 Å². The molecule has 0 atom stereocenters. The fourth-order valence-corrected chi connectivity index (χ4v) is 3.66. The summed E-state index contributed by atoms with van der Waals surface area (Å²) in [5, 5.41) is 14.8. The van der Waals surface area contributed by atoms with Gasteiger partial charge in [0.2, 0.25) is 0 Å². The molecule has 0 radical (unpaired) electrons. The normalized spacial score (nSPS) is 14.7. The first-order chi connectivity index (χ1) is 9.88. The number of rotatable bonds is 1. The summed E-state index contributed by atoms with van der Waals surface area (Å²) in [6, 6.07) is 15.2. The van der Waals surface area contributed by atoms with Crippen LogP contribution in [0.15, 0.2) is 42.5 Å². The second-order valence-electron chi connectivity index (χ2n) is 5.74. The Hall–Kier alpha value is -1.86. The fraction of sp³-hybridized carbons (Fsp3) is 0.263. The first kappa shape index (κ1) is 11.9. The number of hydrogen-bond acceptors (Lipinski definition) is 1. The first-order valence-electron chi connectivity index (χ1n) is 7.44. The van der Waals surface area contributed by atoms with Gasteiger partial charge in [-0.15, -0.1) is 0 Å². The van der Waals surface area contributed by atoms with Crippen LogP contribution >= 0.6 is 0 Å². The highest BCUT2D eigenvalue weighted by atomic mass is 16.3. The minimum absolute atomic E-state index is 0.105. The van der Waals surface area contributed by atoms with Crippen molar-refractivity contribution in [3.05, 3.63) is 59.2 Å². The Morgan fingerprint density at radius 3 is 2.60 bits per heavy atom. The smallest absolute Gasteiger partial charge is 0.0688 e. The number of aliphatic hydroxyl groups excluding tert-OH is 1. The third-order valence-electron chi connectivity index (χ3n) is 4.63. The van der Waals surface area contributed by atoms with Gasteiger partial charge in [-0.1, -0.05) is 42.5 Å². The van der Waals surface area contributed by atoms with Crippen molar-refractivity contribution >= 4 is 21.5 Å². The highest BCUT2D eigenvalue weighted by molar-refractivity contribution is 6.10. The Labute approximate surface area is 118 Å². The summed E-state index contributed by atoms with van der Waals surface area (Å²) in [4.78, 5) is 0. The van der Waals surface area contributed by atoms with Gasteiger partial charge in [-0.2, -0.15) is 0 Å². The molecule has 0 amide bonds. The fourth-order valence-electron chi connectivity index (χ4n) is 3.66. The molecule has 0 spiro atoms. The third-order valence-corrected chi connectivity index (χ3v) is 4.63. The molecule has 0 saturated carbocycles. The maximum atomic E-state index is 9.63. The molecule has 1 aliphatic carbocycles. The molecule has 4 rings (SSSR count). The van der Waals surface area contributed by atoms with Crippen molar-refractivity contribution in [1.82, 2.24) is 0 Å². The summed E-state index contributed by atoms with van der Waals surface area (Å²) in [6.07, 6.45) is 5.02. The largest absolute Gasteiger partial charge is 0.392 e. The summed E-state index contributed by atoms with van der Waals surface area (Å²) >= 11 is 0. The van der Waals surface area contributed by atoms with Crippen molar-refractivity contribution in [2.24, 2.45) is 0 Å². The van der Waals surface area contributed by atoms with E-state index in [1.54, 1.807) is 0 Å². The molecule has 1 N–H and O–H groups in total. The summed E-state index contributed by atoms with van der Waals surface area (Å²) in [5.74, 6) is 0. The van der Waals surface area contributed by atoms with E-state index in [2.05, 4.69) is 30.3 Å². The quantitative estimate of drug-likeness (QED) is 0.646. The molecule has 0 saturated heterocycles. The van der Waals surface area contributed by atoms with Crippen LogP contribution in [0, 0.1) is 0 Å². The summed E-state index contributed by atoms with van der Waals surface area (Å²) < 4.78 is 0. The standard InChI is InChI=1S/C19H18O/c20-12-15-6-3-5-14-9-10-17-16-7-2-1-4-13(16)8-11-18(17)19(14)15/h3,5-6,8-11,20H,1-2,4,7,12H2. The van der Waals surface area contributed by atoms with Gasteiger partial charge < -0.3 is 5.11 Å². The molecule has 0 bridgehead atoms. The molecule has 0 unspecified atom stereocenters. The summed E-state index contributed by atoms with van der Waals surface area (Å²) in [5.41, 5.74) is 4.08. The van der Waals surface area contributed by atoms with Crippen LogP contribution in [0.4, 0.5) is 0 Å². The molecular formula is C19H18O. The van der Waals surface area contributed by atoms with Gasteiger partial charge in [0.1, 0.15) is 0 Å². The molecule has 0 aromatic heterocycles. The van der Waals surface area contributed by atoms with E-state index in [9.17, 15) is 5.11 Å². The van der Waals surface area contributed by atoms with Crippen LogP contribution < -0.4 is 0 Å². The average Bonchev–Trinajstić information content (AvgIpc) is 2.53. The van der Waals surface area contributed by atoms with E-state index in [0.717, 1.165) is 5.56 Å². The van der Waals surface area contributed by atoms with Crippen LogP contribution in [0.5, 0.6) is 0 Å². The Kier molecular flexibility index (Phi) is 2.75. The third kappa shape index (κ3) is 1.66. The van der Waals surface area contributed by atoms with Crippen molar-refractivity contribution in [2.75, 3.05) is 0 Å². The number of aryl methyl sites for hydroxylation is 2. The van der Waals surface area contributed by atoms with Gasteiger partial charge >= 0.3 is 0 Å². The summed E-state index contributed by atoms with van der Waals surface area (Å²) in [7, 11) is 0. The molecule has 1 heteroatoms. The Morgan fingerprint density at radius 2 is 1.70 bits per heavy atom. The molecule has 0 aliphatic heterocycles. The second-order valence-corrected chi connectivity index (χ2v) is 5.74. The van der Waals surface area contributed by atoms with Crippen molar-refractivity contribution < 1.29 is 5.11 Å². The Bertz CT molecular complexity index is 802. The second kappa shape index (κ2) is 4.60. The highest BCUT2D eigenvalue weighted by Gasteiger charge is 2.14. The van der Waals surface area contributed by atoms with Crippen molar-refractivity contribution in [2.45, 2.75) is 32.3 Å². The lowest BCUT2D eigenvalue weighted by Gasteiger charge is -2.19. The molecular weight excluding hydrogens is 244 g/mol. The number of aliphatic hydroxyl groups is 1. The lowest BCUT2D eigenvalue weighted by molar-refractivity contribution is 0.283. The molecule has 1 aliphatic rings. The van der Waals surface area contributed by atoms with Gasteiger partial charge in [0.05, 0.1) is 6.61 Å². The highest BCUT2D eigenvalue weighted by Crippen LogP contribution is 2.34. The number of fused-ring (bicyclic) bond motifs is 5. The van der Waals surface area contributed by atoms with E-state index in [1.165, 1.54) is 58.4 Å². The summed E-state index contributed by atoms with van der Waals surface area (Å²) in [6.45, 7) is 0.105. The van der Waals surface area contributed by atoms with Crippen molar-refractivity contribution in [1.29, 1.82) is 0 Å². The van der Waals surface area contributed by atoms with Crippen LogP contribution in [0.3, 0.4) is 0 Å². The van der Waals surface area contributed by atoms with E-state index < -0.39 is 0 Å². The number of hydrogen-bond donors (Lipinski definition) is 1. The molecule has 1 nitrogen and oxygen atoms in total. The minimum atomic E-state index is 0.105. The maximum absolute atomic E-state index is 9.63. The lowest BCUT2D eigenvalue weighted by atomic mass is 9.86. The van der Waals surface area contributed by atoms with Gasteiger partial charge in [0.15, 0.2) is 0 Å². The molecule has 3 aromatic rings. The van der Waals surface area contributed by atoms with Crippen LogP contribution in [0.1, 0.15) is 29.5 Å². The topological polar surface area (TPSA) is 20.2 Å². The zero-order valence-electron chi connectivity index (χ0n) is 11.5. The van der Waals surface area contributed by atoms with Crippen LogP contribution in [-0.4, -0.2) is 5.11 Å². The van der Waals surface area contributed by atoms with Crippen molar-refractivity contribution in [3.63, 3.8) is 0 Å². The zero-order chi connectivity index (χ0) is 13.5. The van der Waals surface area contributed by atoms with E-state index in [4.69, 9.17) is 0 Å². The van der Waals surface area contributed by atoms with E-state index >= 15 is 0 Å². The van der Waals surface area contributed by atoms with Crippen LogP contribution in [-0.2, 0) is 19.4 Å². The van der Waals surface area contributed by atoms with Gasteiger partial charge in [0, 0.05) is 0 Å². The predicted octanol–water partition coefficient (Wildman–Crippen LogP) is 4.36. The maximum Gasteiger partial charge on any atom is 0.0688 e. The van der Waals surface area contributed by atoms with Gasteiger partial charge in [-0.05, 0) is 63.9 Å². The molecule has 0 heterocycles. The van der Waals surface area contributed by atoms with E-state index in [-0.39, 0.29) is 6.61 Å². The molecule has 0 fully saturated rings. The zero-order valence-corrected chi connectivity index (χ0v) is 11.5. The van der Waals surface area contributed by atoms with E-state index in [0.29, 0.717) is 0 Å². The van der Waals surface area contributed by atoms with Gasteiger partial charge in [0.25, 0.3) is 0 Å². The first-order valence-corrected chi connectivity index (χ1v) is 7.44. The van der Waals surface area contributed by atoms with Gasteiger partial charge in [-0.25, -0.2) is 0 Å². The van der Waals surface area contributed by atoms with Crippen LogP contribution in [0.2, 0.25) is 0 Å². The Balaban J connectivity index is 2.15. The predicted molar refractivity (Wildman–Crippen MR) is 84.0 cm³/mol. The monoisotopic (exact) mass is 262 g/mol. The lowest BCUT2D eigenvalue weighted by Crippen LogP contribution is -2.03. The average molecular weight is 262 g/mol.